The summed E-state index contributed by atoms with van der Waals surface area (Å²) in [4.78, 5) is 12.0. The van der Waals surface area contributed by atoms with Crippen molar-refractivity contribution >= 4 is 45.3 Å². The van der Waals surface area contributed by atoms with E-state index in [0.29, 0.717) is 29.7 Å². The maximum absolute atomic E-state index is 12.0. The Balaban J connectivity index is 1.55. The summed E-state index contributed by atoms with van der Waals surface area (Å²) in [6.07, 6.45) is 1.55. The Labute approximate surface area is 200 Å². The van der Waals surface area contributed by atoms with Crippen LogP contribution in [0.15, 0.2) is 76.3 Å². The number of benzene rings is 3. The predicted molar refractivity (Wildman–Crippen MR) is 132 cm³/mol. The Morgan fingerprint density at radius 2 is 1.84 bits per heavy atom. The summed E-state index contributed by atoms with van der Waals surface area (Å²) < 4.78 is 12.6. The number of hydrogen-bond acceptors (Lipinski definition) is 5. The van der Waals surface area contributed by atoms with Crippen LogP contribution in [-0.4, -0.2) is 25.3 Å². The van der Waals surface area contributed by atoms with Gasteiger partial charge in [-0.1, -0.05) is 45.7 Å². The summed E-state index contributed by atoms with van der Waals surface area (Å²) in [6.45, 7) is 2.82. The third-order valence-corrected chi connectivity index (χ3v) is 5.21. The molecule has 6 nitrogen and oxygen atoms in total. The molecule has 3 rings (SSSR count). The van der Waals surface area contributed by atoms with Crippen molar-refractivity contribution in [3.63, 3.8) is 0 Å². The molecule has 8 heteroatoms. The lowest BCUT2D eigenvalue weighted by molar-refractivity contribution is -0.119. The van der Waals surface area contributed by atoms with Crippen molar-refractivity contribution in [3.8, 4) is 11.5 Å². The van der Waals surface area contributed by atoms with Crippen molar-refractivity contribution < 1.29 is 14.3 Å². The molecular formula is C24H23BrClN3O3. The highest BCUT2D eigenvalue weighted by molar-refractivity contribution is 9.10. The molecule has 0 unspecified atom stereocenters. The standard InChI is InChI=1S/C24H23BrClN3O3/c1-2-31-23-13-17(7-12-22(23)32-16-18-5-3-4-6-21(18)26)14-28-29-24(30)15-27-20-10-8-19(25)9-11-20/h3-14,27H,2,15-16H2,1H3,(H,29,30)/b28-14-. The second-order valence-corrected chi connectivity index (χ2v) is 8.00. The number of anilines is 1. The van der Waals surface area contributed by atoms with Crippen molar-refractivity contribution in [2.45, 2.75) is 13.5 Å². The van der Waals surface area contributed by atoms with Crippen LogP contribution >= 0.6 is 27.5 Å². The fourth-order valence-electron chi connectivity index (χ4n) is 2.73. The second kappa shape index (κ2) is 12.1. The van der Waals surface area contributed by atoms with Gasteiger partial charge in [0, 0.05) is 20.7 Å². The van der Waals surface area contributed by atoms with Crippen LogP contribution in [0, 0.1) is 0 Å². The average Bonchev–Trinajstić information content (AvgIpc) is 2.79. The number of carbonyl (C=O) groups excluding carboxylic acids is 1. The van der Waals surface area contributed by atoms with E-state index >= 15 is 0 Å². The fraction of sp³-hybridized carbons (Fsp3) is 0.167. The van der Waals surface area contributed by atoms with E-state index < -0.39 is 0 Å². The number of amides is 1. The Bertz CT molecular complexity index is 1070. The summed E-state index contributed by atoms with van der Waals surface area (Å²) in [7, 11) is 0. The highest BCUT2D eigenvalue weighted by atomic mass is 79.9. The van der Waals surface area contributed by atoms with E-state index in [4.69, 9.17) is 21.1 Å². The zero-order valence-corrected chi connectivity index (χ0v) is 19.8. The number of carbonyl (C=O) groups is 1. The topological polar surface area (TPSA) is 72.0 Å². The lowest BCUT2D eigenvalue weighted by Crippen LogP contribution is -2.25. The Morgan fingerprint density at radius 3 is 2.59 bits per heavy atom. The number of hydrogen-bond donors (Lipinski definition) is 2. The van der Waals surface area contributed by atoms with Gasteiger partial charge in [-0.05, 0) is 61.0 Å². The van der Waals surface area contributed by atoms with E-state index in [9.17, 15) is 4.79 Å². The van der Waals surface area contributed by atoms with Crippen molar-refractivity contribution in [2.75, 3.05) is 18.5 Å². The van der Waals surface area contributed by atoms with Crippen LogP contribution in [0.25, 0.3) is 0 Å². The minimum Gasteiger partial charge on any atom is -0.490 e. The quantitative estimate of drug-likeness (QED) is 0.270. The SMILES string of the molecule is CCOc1cc(/C=N\NC(=O)CNc2ccc(Br)cc2)ccc1OCc1ccccc1Cl. The molecule has 0 aliphatic rings. The van der Waals surface area contributed by atoms with Gasteiger partial charge < -0.3 is 14.8 Å². The number of ether oxygens (including phenoxy) is 2. The number of nitrogens with zero attached hydrogens (tertiary/aromatic N) is 1. The Kier molecular flexibility index (Phi) is 8.95. The summed E-state index contributed by atoms with van der Waals surface area (Å²) in [6, 6.07) is 20.5. The maximum atomic E-state index is 12.0. The van der Waals surface area contributed by atoms with Gasteiger partial charge in [0.1, 0.15) is 6.61 Å². The molecule has 0 aliphatic heterocycles. The van der Waals surface area contributed by atoms with Gasteiger partial charge in [-0.3, -0.25) is 4.79 Å². The third-order valence-electron chi connectivity index (χ3n) is 4.31. The minimum absolute atomic E-state index is 0.109. The van der Waals surface area contributed by atoms with Crippen LogP contribution in [0.2, 0.25) is 5.02 Å². The second-order valence-electron chi connectivity index (χ2n) is 6.67. The number of rotatable bonds is 10. The molecule has 0 radical (unpaired) electrons. The monoisotopic (exact) mass is 515 g/mol. The summed E-state index contributed by atoms with van der Waals surface area (Å²) in [5, 5.41) is 7.70. The highest BCUT2D eigenvalue weighted by Crippen LogP contribution is 2.29. The summed E-state index contributed by atoms with van der Waals surface area (Å²) in [5.41, 5.74) is 5.01. The molecule has 2 N–H and O–H groups in total. The normalized spacial score (nSPS) is 10.7. The van der Waals surface area contributed by atoms with E-state index in [1.807, 2.05) is 61.5 Å². The first kappa shape index (κ1) is 23.6. The molecule has 0 saturated carbocycles. The van der Waals surface area contributed by atoms with Gasteiger partial charge in [-0.15, -0.1) is 0 Å². The lowest BCUT2D eigenvalue weighted by atomic mass is 10.2. The number of halogens is 2. The zero-order chi connectivity index (χ0) is 22.8. The van der Waals surface area contributed by atoms with Crippen LogP contribution in [-0.2, 0) is 11.4 Å². The molecule has 0 bridgehead atoms. The molecule has 0 aromatic heterocycles. The van der Waals surface area contributed by atoms with Crippen LogP contribution in [0.3, 0.4) is 0 Å². The molecule has 3 aromatic carbocycles. The van der Waals surface area contributed by atoms with Crippen molar-refractivity contribution in [2.24, 2.45) is 5.10 Å². The van der Waals surface area contributed by atoms with E-state index in [-0.39, 0.29) is 12.5 Å². The molecule has 0 saturated heterocycles. The number of nitrogens with one attached hydrogen (secondary N) is 2. The van der Waals surface area contributed by atoms with Crippen molar-refractivity contribution in [1.29, 1.82) is 0 Å². The van der Waals surface area contributed by atoms with Gasteiger partial charge in [-0.2, -0.15) is 5.10 Å². The molecule has 32 heavy (non-hydrogen) atoms. The van der Waals surface area contributed by atoms with E-state index in [1.54, 1.807) is 18.3 Å². The van der Waals surface area contributed by atoms with E-state index in [1.165, 1.54) is 0 Å². The van der Waals surface area contributed by atoms with Crippen molar-refractivity contribution in [1.82, 2.24) is 5.43 Å². The summed E-state index contributed by atoms with van der Waals surface area (Å²) in [5.74, 6) is 0.937. The molecule has 3 aromatic rings. The van der Waals surface area contributed by atoms with Crippen LogP contribution < -0.4 is 20.2 Å². The predicted octanol–water partition coefficient (Wildman–Crippen LogP) is 5.64. The fourth-order valence-corrected chi connectivity index (χ4v) is 3.19. The smallest absolute Gasteiger partial charge is 0.259 e. The molecule has 1 amide bonds. The first-order chi connectivity index (χ1) is 15.5. The van der Waals surface area contributed by atoms with Gasteiger partial charge in [0.2, 0.25) is 0 Å². The molecule has 0 fully saturated rings. The Morgan fingerprint density at radius 1 is 1.06 bits per heavy atom. The van der Waals surface area contributed by atoms with Gasteiger partial charge in [0.25, 0.3) is 5.91 Å². The van der Waals surface area contributed by atoms with Gasteiger partial charge in [0.05, 0.1) is 19.4 Å². The highest BCUT2D eigenvalue weighted by Gasteiger charge is 2.08. The van der Waals surface area contributed by atoms with E-state index in [0.717, 1.165) is 21.3 Å². The third kappa shape index (κ3) is 7.28. The molecule has 166 valence electrons. The van der Waals surface area contributed by atoms with E-state index in [2.05, 4.69) is 31.8 Å². The maximum Gasteiger partial charge on any atom is 0.259 e. The molecule has 0 atom stereocenters. The lowest BCUT2D eigenvalue weighted by Gasteiger charge is -2.13. The zero-order valence-electron chi connectivity index (χ0n) is 17.5. The number of hydrazone groups is 1. The average molecular weight is 517 g/mol. The Hall–Kier alpha value is -3.03. The van der Waals surface area contributed by atoms with Gasteiger partial charge in [0.15, 0.2) is 11.5 Å². The van der Waals surface area contributed by atoms with Gasteiger partial charge >= 0.3 is 0 Å². The largest absolute Gasteiger partial charge is 0.490 e. The molecular weight excluding hydrogens is 494 g/mol. The van der Waals surface area contributed by atoms with Crippen LogP contribution in [0.4, 0.5) is 5.69 Å². The first-order valence-electron chi connectivity index (χ1n) is 9.99. The minimum atomic E-state index is -0.256. The molecule has 0 heterocycles. The van der Waals surface area contributed by atoms with Gasteiger partial charge in [-0.25, -0.2) is 5.43 Å². The molecule has 0 spiro atoms. The van der Waals surface area contributed by atoms with Crippen molar-refractivity contribution in [3.05, 3.63) is 87.4 Å². The first-order valence-corrected chi connectivity index (χ1v) is 11.2. The summed E-state index contributed by atoms with van der Waals surface area (Å²) >= 11 is 9.57. The molecule has 0 aliphatic carbocycles. The van der Waals surface area contributed by atoms with Crippen LogP contribution in [0.5, 0.6) is 11.5 Å². The van der Waals surface area contributed by atoms with Crippen LogP contribution in [0.1, 0.15) is 18.1 Å².